The van der Waals surface area contributed by atoms with Crippen molar-refractivity contribution in [2.75, 3.05) is 26.2 Å². The van der Waals surface area contributed by atoms with Gasteiger partial charge in [0.1, 0.15) is 0 Å². The van der Waals surface area contributed by atoms with Crippen LogP contribution in [0.5, 0.6) is 0 Å². The number of likely N-dealkylation sites (tertiary alicyclic amines) is 1. The Balaban J connectivity index is 1.95. The van der Waals surface area contributed by atoms with Gasteiger partial charge < -0.3 is 10.2 Å². The quantitative estimate of drug-likeness (QED) is 0.662. The van der Waals surface area contributed by atoms with E-state index in [4.69, 9.17) is 0 Å². The van der Waals surface area contributed by atoms with Crippen LogP contribution in [0.25, 0.3) is 0 Å². The second kappa shape index (κ2) is 8.38. The maximum Gasteiger partial charge on any atom is 0.00965 e. The molecule has 0 amide bonds. The number of hydrogen-bond donors (Lipinski definition) is 1. The molecule has 2 heteroatoms. The minimum Gasteiger partial charge on any atom is -0.312 e. The summed E-state index contributed by atoms with van der Waals surface area (Å²) in [6, 6.07) is 0. The molecule has 0 bridgehead atoms. The molecule has 1 rings (SSSR count). The Morgan fingerprint density at radius 3 is 2.15 bits per heavy atom. The van der Waals surface area contributed by atoms with E-state index in [1.807, 2.05) is 0 Å². The molecule has 0 aromatic carbocycles. The minimum atomic E-state index is 0.278. The molecule has 0 radical (unpaired) electrons. The van der Waals surface area contributed by atoms with Gasteiger partial charge in [-0.3, -0.25) is 0 Å². The van der Waals surface area contributed by atoms with Crippen LogP contribution in [0.3, 0.4) is 0 Å². The number of nitrogens with zero attached hydrogens (tertiary/aromatic N) is 1. The van der Waals surface area contributed by atoms with Crippen molar-refractivity contribution in [3.63, 3.8) is 0 Å². The van der Waals surface area contributed by atoms with Gasteiger partial charge in [0.25, 0.3) is 0 Å². The summed E-state index contributed by atoms with van der Waals surface area (Å²) in [5, 5.41) is 3.57. The Morgan fingerprint density at radius 1 is 1.00 bits per heavy atom. The summed E-state index contributed by atoms with van der Waals surface area (Å²) in [4.78, 5) is 2.69. The largest absolute Gasteiger partial charge is 0.312 e. The van der Waals surface area contributed by atoms with E-state index < -0.39 is 0 Å². The van der Waals surface area contributed by atoms with E-state index in [9.17, 15) is 0 Å². The zero-order chi connectivity index (χ0) is 15.1. The molecule has 1 aliphatic rings. The standard InChI is InChI=1S/C18H38N2/c1-6-18(5)11-15-20(16-12-18)14-10-8-7-9-13-19-17(2,3)4/h19H,6-16H2,1-5H3. The van der Waals surface area contributed by atoms with Gasteiger partial charge in [-0.25, -0.2) is 0 Å². The van der Waals surface area contributed by atoms with Gasteiger partial charge >= 0.3 is 0 Å². The number of unbranched alkanes of at least 4 members (excludes halogenated alkanes) is 3. The number of nitrogens with one attached hydrogen (secondary N) is 1. The highest BCUT2D eigenvalue weighted by molar-refractivity contribution is 4.81. The molecule has 2 nitrogen and oxygen atoms in total. The molecule has 0 aliphatic carbocycles. The van der Waals surface area contributed by atoms with Crippen molar-refractivity contribution in [3.05, 3.63) is 0 Å². The lowest BCUT2D eigenvalue weighted by Crippen LogP contribution is -2.38. The van der Waals surface area contributed by atoms with Crippen LogP contribution in [0.15, 0.2) is 0 Å². The van der Waals surface area contributed by atoms with Crippen LogP contribution in [-0.2, 0) is 0 Å². The summed E-state index contributed by atoms with van der Waals surface area (Å²) in [5.74, 6) is 0. The van der Waals surface area contributed by atoms with E-state index in [1.54, 1.807) is 0 Å². The second-order valence-electron chi connectivity index (χ2n) is 8.10. The Hall–Kier alpha value is -0.0800. The van der Waals surface area contributed by atoms with Gasteiger partial charge in [-0.2, -0.15) is 0 Å². The van der Waals surface area contributed by atoms with Crippen molar-refractivity contribution in [2.24, 2.45) is 5.41 Å². The van der Waals surface area contributed by atoms with Crippen molar-refractivity contribution < 1.29 is 0 Å². The van der Waals surface area contributed by atoms with Crippen molar-refractivity contribution in [3.8, 4) is 0 Å². The van der Waals surface area contributed by atoms with Crippen LogP contribution >= 0.6 is 0 Å². The van der Waals surface area contributed by atoms with E-state index >= 15 is 0 Å². The van der Waals surface area contributed by atoms with Crippen molar-refractivity contribution in [2.45, 2.75) is 85.1 Å². The zero-order valence-electron chi connectivity index (χ0n) is 14.7. The maximum absolute atomic E-state index is 3.57. The number of piperidine rings is 1. The van der Waals surface area contributed by atoms with Crippen LogP contribution in [0.2, 0.25) is 0 Å². The molecule has 1 fully saturated rings. The van der Waals surface area contributed by atoms with Crippen LogP contribution in [-0.4, -0.2) is 36.6 Å². The fraction of sp³-hybridized carbons (Fsp3) is 1.00. The van der Waals surface area contributed by atoms with Gasteiger partial charge in [-0.15, -0.1) is 0 Å². The molecule has 0 unspecified atom stereocenters. The molecule has 1 heterocycles. The highest BCUT2D eigenvalue weighted by Gasteiger charge is 2.27. The van der Waals surface area contributed by atoms with E-state index in [0.29, 0.717) is 5.41 Å². The van der Waals surface area contributed by atoms with Crippen LogP contribution in [0, 0.1) is 5.41 Å². The van der Waals surface area contributed by atoms with Gasteiger partial charge in [0.2, 0.25) is 0 Å². The summed E-state index contributed by atoms with van der Waals surface area (Å²) in [7, 11) is 0. The fourth-order valence-corrected chi connectivity index (χ4v) is 2.95. The molecule has 1 saturated heterocycles. The third-order valence-electron chi connectivity index (χ3n) is 4.97. The molecular weight excluding hydrogens is 244 g/mol. The first kappa shape index (κ1) is 18.0. The van der Waals surface area contributed by atoms with Gasteiger partial charge in [0, 0.05) is 5.54 Å². The van der Waals surface area contributed by atoms with Gasteiger partial charge in [-0.1, -0.05) is 33.1 Å². The van der Waals surface area contributed by atoms with Crippen molar-refractivity contribution in [1.82, 2.24) is 10.2 Å². The monoisotopic (exact) mass is 282 g/mol. The first-order chi connectivity index (χ1) is 9.35. The molecule has 1 aliphatic heterocycles. The second-order valence-corrected chi connectivity index (χ2v) is 8.10. The summed E-state index contributed by atoms with van der Waals surface area (Å²) in [6.07, 6.45) is 9.64. The van der Waals surface area contributed by atoms with Crippen LogP contribution in [0.4, 0.5) is 0 Å². The number of hydrogen-bond acceptors (Lipinski definition) is 2. The molecule has 0 aromatic heterocycles. The van der Waals surface area contributed by atoms with Gasteiger partial charge in [0.05, 0.1) is 0 Å². The average Bonchev–Trinajstić information content (AvgIpc) is 2.39. The average molecular weight is 283 g/mol. The predicted octanol–water partition coefficient (Wildman–Crippen LogP) is 4.45. The lowest BCUT2D eigenvalue weighted by molar-refractivity contribution is 0.113. The Labute approximate surface area is 127 Å². The Morgan fingerprint density at radius 2 is 1.60 bits per heavy atom. The van der Waals surface area contributed by atoms with E-state index in [0.717, 1.165) is 0 Å². The highest BCUT2D eigenvalue weighted by atomic mass is 15.1. The molecule has 0 aromatic rings. The Kier molecular flexibility index (Phi) is 7.53. The normalized spacial score (nSPS) is 20.2. The molecule has 0 spiro atoms. The third-order valence-corrected chi connectivity index (χ3v) is 4.97. The maximum atomic E-state index is 3.57. The fourth-order valence-electron chi connectivity index (χ4n) is 2.95. The summed E-state index contributed by atoms with van der Waals surface area (Å²) >= 11 is 0. The van der Waals surface area contributed by atoms with Crippen molar-refractivity contribution >= 4 is 0 Å². The highest BCUT2D eigenvalue weighted by Crippen LogP contribution is 2.33. The zero-order valence-corrected chi connectivity index (χ0v) is 14.7. The first-order valence-electron chi connectivity index (χ1n) is 8.82. The van der Waals surface area contributed by atoms with E-state index in [-0.39, 0.29) is 5.54 Å². The summed E-state index contributed by atoms with van der Waals surface area (Å²) in [6.45, 7) is 16.7. The van der Waals surface area contributed by atoms with Crippen LogP contribution < -0.4 is 5.32 Å². The van der Waals surface area contributed by atoms with Crippen molar-refractivity contribution in [1.29, 1.82) is 0 Å². The first-order valence-corrected chi connectivity index (χ1v) is 8.82. The molecule has 0 saturated carbocycles. The number of rotatable bonds is 8. The summed E-state index contributed by atoms with van der Waals surface area (Å²) < 4.78 is 0. The van der Waals surface area contributed by atoms with E-state index in [2.05, 4.69) is 44.8 Å². The van der Waals surface area contributed by atoms with Crippen LogP contribution in [0.1, 0.15) is 79.6 Å². The molecule has 0 atom stereocenters. The smallest absolute Gasteiger partial charge is 0.00965 e. The summed E-state index contributed by atoms with van der Waals surface area (Å²) in [5.41, 5.74) is 0.912. The minimum absolute atomic E-state index is 0.278. The molecule has 1 N–H and O–H groups in total. The lowest BCUT2D eigenvalue weighted by Gasteiger charge is -2.39. The molecule has 120 valence electrons. The SMILES string of the molecule is CCC1(C)CCN(CCCCCCNC(C)(C)C)CC1. The molecular formula is C18H38N2. The molecule has 20 heavy (non-hydrogen) atoms. The predicted molar refractivity (Wildman–Crippen MR) is 90.3 cm³/mol. The van der Waals surface area contributed by atoms with E-state index in [1.165, 1.54) is 71.1 Å². The lowest BCUT2D eigenvalue weighted by atomic mass is 9.78. The topological polar surface area (TPSA) is 15.3 Å². The third kappa shape index (κ3) is 7.64. The van der Waals surface area contributed by atoms with Gasteiger partial charge in [-0.05, 0) is 78.0 Å². The Bertz CT molecular complexity index is 247. The van der Waals surface area contributed by atoms with Gasteiger partial charge in [0.15, 0.2) is 0 Å².